The Labute approximate surface area is 135 Å². The van der Waals surface area contributed by atoms with Gasteiger partial charge in [0, 0.05) is 0 Å². The summed E-state index contributed by atoms with van der Waals surface area (Å²) < 4.78 is 6.23. The van der Waals surface area contributed by atoms with E-state index < -0.39 is 22.6 Å². The topological polar surface area (TPSA) is 127 Å². The summed E-state index contributed by atoms with van der Waals surface area (Å²) in [6.45, 7) is 3.07. The van der Waals surface area contributed by atoms with Crippen LogP contribution >= 0.6 is 11.8 Å². The summed E-state index contributed by atoms with van der Waals surface area (Å²) in [5.74, 6) is -1.09. The molecule has 0 aliphatic carbocycles. The van der Waals surface area contributed by atoms with E-state index in [0.717, 1.165) is 11.8 Å². The minimum absolute atomic E-state index is 0.107. The predicted octanol–water partition coefficient (Wildman–Crippen LogP) is -0.275. The number of carbonyl (C=O) groups is 2. The minimum atomic E-state index is -1.11. The van der Waals surface area contributed by atoms with Crippen LogP contribution in [-0.2, 0) is 20.9 Å². The molecule has 23 heavy (non-hydrogen) atoms. The van der Waals surface area contributed by atoms with Crippen molar-refractivity contribution in [3.05, 3.63) is 16.6 Å². The highest BCUT2D eigenvalue weighted by Crippen LogP contribution is 2.22. The van der Waals surface area contributed by atoms with Gasteiger partial charge in [0.15, 0.2) is 21.8 Å². The molecular weight excluding hydrogens is 324 g/mol. The normalized spacial score (nSPS) is 12.3. The van der Waals surface area contributed by atoms with E-state index in [0.29, 0.717) is 0 Å². The number of ether oxygens (including phenoxy) is 1. The number of H-pyrrole nitrogens is 1. The third-order valence-electron chi connectivity index (χ3n) is 2.90. The number of aliphatic hydroxyl groups excluding tert-OH is 1. The van der Waals surface area contributed by atoms with Gasteiger partial charge in [0.1, 0.15) is 5.39 Å². The molecular formula is C13H16N4O5S. The summed E-state index contributed by atoms with van der Waals surface area (Å²) in [5.41, 5.74) is -0.163. The van der Waals surface area contributed by atoms with Crippen LogP contribution in [-0.4, -0.2) is 55.1 Å². The summed E-state index contributed by atoms with van der Waals surface area (Å²) >= 11 is 0.810. The summed E-state index contributed by atoms with van der Waals surface area (Å²) in [7, 11) is 0. The minimum Gasteiger partial charge on any atom is -0.465 e. The monoisotopic (exact) mass is 340 g/mol. The van der Waals surface area contributed by atoms with Crippen molar-refractivity contribution in [1.29, 1.82) is 0 Å². The Hall–Kier alpha value is -2.20. The maximum atomic E-state index is 12.0. The second-order valence-corrected chi connectivity index (χ2v) is 5.65. The van der Waals surface area contributed by atoms with Gasteiger partial charge in [-0.15, -0.1) is 0 Å². The fourth-order valence-corrected chi connectivity index (χ4v) is 2.73. The van der Waals surface area contributed by atoms with Gasteiger partial charge in [-0.1, -0.05) is 11.8 Å². The van der Waals surface area contributed by atoms with Crippen LogP contribution in [0.1, 0.15) is 13.8 Å². The van der Waals surface area contributed by atoms with Crippen molar-refractivity contribution in [3.63, 3.8) is 0 Å². The van der Waals surface area contributed by atoms with Crippen LogP contribution in [0.2, 0.25) is 0 Å². The van der Waals surface area contributed by atoms with Crippen molar-refractivity contribution in [2.75, 3.05) is 13.2 Å². The smallest absolute Gasteiger partial charge is 0.327 e. The third-order valence-corrected chi connectivity index (χ3v) is 4.07. The molecule has 0 radical (unpaired) electrons. The van der Waals surface area contributed by atoms with E-state index in [-0.39, 0.29) is 35.9 Å². The number of nitrogens with one attached hydrogen (secondary N) is 1. The zero-order valence-electron chi connectivity index (χ0n) is 12.6. The predicted molar refractivity (Wildman–Crippen MR) is 82.2 cm³/mol. The number of hydrogen-bond acceptors (Lipinski definition) is 8. The molecule has 0 aliphatic rings. The van der Waals surface area contributed by atoms with Crippen LogP contribution in [0.5, 0.6) is 0 Å². The number of aromatic nitrogens is 4. The van der Waals surface area contributed by atoms with Crippen molar-refractivity contribution >= 4 is 34.5 Å². The lowest BCUT2D eigenvalue weighted by Gasteiger charge is -2.11. The van der Waals surface area contributed by atoms with Crippen LogP contribution in [0.15, 0.2) is 16.1 Å². The van der Waals surface area contributed by atoms with E-state index in [9.17, 15) is 14.4 Å². The number of carbonyl (C=O) groups excluding carboxylic acids is 2. The first kappa shape index (κ1) is 17.2. The lowest BCUT2D eigenvalue weighted by Crippen LogP contribution is -2.28. The van der Waals surface area contributed by atoms with Crippen molar-refractivity contribution in [3.8, 4) is 0 Å². The van der Waals surface area contributed by atoms with Gasteiger partial charge in [-0.05, 0) is 13.8 Å². The summed E-state index contributed by atoms with van der Waals surface area (Å²) in [4.78, 5) is 42.2. The molecule has 10 heteroatoms. The van der Waals surface area contributed by atoms with Crippen LogP contribution in [0, 0.1) is 0 Å². The molecule has 0 unspecified atom stereocenters. The molecule has 9 nitrogen and oxygen atoms in total. The quantitative estimate of drug-likeness (QED) is 0.305. The second-order valence-electron chi connectivity index (χ2n) is 4.56. The number of rotatable bonds is 7. The zero-order valence-corrected chi connectivity index (χ0v) is 13.4. The fraction of sp³-hybridized carbons (Fsp3) is 0.462. The summed E-state index contributed by atoms with van der Waals surface area (Å²) in [5, 5.41) is 12.2. The molecule has 2 N–H and O–H groups in total. The van der Waals surface area contributed by atoms with Crippen LogP contribution in [0.3, 0.4) is 0 Å². The molecule has 0 aromatic carbocycles. The standard InChI is InChI=1S/C13H16N4O5S/c1-3-22-12(21)9(7(2)19)23-13-15-10-8(11(20)16-13)6-14-17(10)4-5-18/h6,9,18H,3-5H2,1-2H3,(H,15,16,20)/t9-/m1/s1. The van der Waals surface area contributed by atoms with Gasteiger partial charge in [-0.3, -0.25) is 14.4 Å². The number of nitrogens with zero attached hydrogens (tertiary/aromatic N) is 3. The molecule has 1 atom stereocenters. The van der Waals surface area contributed by atoms with Crippen molar-refractivity contribution in [2.24, 2.45) is 0 Å². The molecule has 124 valence electrons. The molecule has 0 fully saturated rings. The summed E-state index contributed by atoms with van der Waals surface area (Å²) in [6.07, 6.45) is 1.35. The molecule has 2 heterocycles. The molecule has 2 aromatic heterocycles. The molecule has 0 saturated heterocycles. The second kappa shape index (κ2) is 7.38. The number of aromatic amines is 1. The highest BCUT2D eigenvalue weighted by atomic mass is 32.2. The number of fused-ring (bicyclic) bond motifs is 1. The van der Waals surface area contributed by atoms with Crippen molar-refractivity contribution in [1.82, 2.24) is 19.7 Å². The number of aliphatic hydroxyl groups is 1. The SMILES string of the molecule is CCOC(=O)[C@H](Sc1nc2c(cnn2CCO)c(=O)[nH]1)C(C)=O. The van der Waals surface area contributed by atoms with Crippen LogP contribution < -0.4 is 5.56 Å². The van der Waals surface area contributed by atoms with E-state index in [4.69, 9.17) is 9.84 Å². The van der Waals surface area contributed by atoms with E-state index in [1.54, 1.807) is 6.92 Å². The van der Waals surface area contributed by atoms with Gasteiger partial charge < -0.3 is 14.8 Å². The molecule has 0 bridgehead atoms. The number of Topliss-reactive ketones (excluding diaryl/α,β-unsaturated/α-hetero) is 1. The summed E-state index contributed by atoms with van der Waals surface area (Å²) in [6, 6.07) is 0. The molecule has 2 rings (SSSR count). The first-order valence-corrected chi connectivity index (χ1v) is 7.76. The maximum absolute atomic E-state index is 12.0. The maximum Gasteiger partial charge on any atom is 0.327 e. The first-order valence-electron chi connectivity index (χ1n) is 6.88. The number of thioether (sulfide) groups is 1. The van der Waals surface area contributed by atoms with Crippen LogP contribution in [0.25, 0.3) is 11.0 Å². The van der Waals surface area contributed by atoms with Gasteiger partial charge in [-0.2, -0.15) is 5.10 Å². The van der Waals surface area contributed by atoms with E-state index in [2.05, 4.69) is 15.1 Å². The van der Waals surface area contributed by atoms with Gasteiger partial charge >= 0.3 is 5.97 Å². The molecule has 2 aromatic rings. The van der Waals surface area contributed by atoms with Crippen molar-refractivity contribution < 1.29 is 19.4 Å². The fourth-order valence-electron chi connectivity index (χ4n) is 1.89. The van der Waals surface area contributed by atoms with Gasteiger partial charge in [-0.25, -0.2) is 9.67 Å². The molecule has 0 spiro atoms. The Morgan fingerprint density at radius 2 is 2.26 bits per heavy atom. The number of esters is 1. The van der Waals surface area contributed by atoms with E-state index in [1.807, 2.05) is 0 Å². The lowest BCUT2D eigenvalue weighted by molar-refractivity contribution is -0.144. The third kappa shape index (κ3) is 3.77. The Balaban J connectivity index is 2.38. The Bertz CT molecular complexity index is 784. The van der Waals surface area contributed by atoms with E-state index in [1.165, 1.54) is 17.8 Å². The molecule has 0 aliphatic heterocycles. The number of hydrogen-bond donors (Lipinski definition) is 2. The van der Waals surface area contributed by atoms with Crippen molar-refractivity contribution in [2.45, 2.75) is 30.8 Å². The zero-order chi connectivity index (χ0) is 17.0. The van der Waals surface area contributed by atoms with Gasteiger partial charge in [0.25, 0.3) is 5.56 Å². The van der Waals surface area contributed by atoms with Crippen LogP contribution in [0.4, 0.5) is 0 Å². The van der Waals surface area contributed by atoms with Gasteiger partial charge in [0.05, 0.1) is 26.0 Å². The Morgan fingerprint density at radius 3 is 2.87 bits per heavy atom. The Kier molecular flexibility index (Phi) is 5.50. The lowest BCUT2D eigenvalue weighted by atomic mass is 10.3. The van der Waals surface area contributed by atoms with E-state index >= 15 is 0 Å². The first-order chi connectivity index (χ1) is 11.0. The molecule has 0 saturated carbocycles. The average molecular weight is 340 g/mol. The average Bonchev–Trinajstić information content (AvgIpc) is 2.89. The largest absolute Gasteiger partial charge is 0.465 e. The van der Waals surface area contributed by atoms with Gasteiger partial charge in [0.2, 0.25) is 0 Å². The number of ketones is 1. The highest BCUT2D eigenvalue weighted by molar-refractivity contribution is 8.01. The molecule has 0 amide bonds. The Morgan fingerprint density at radius 1 is 1.52 bits per heavy atom. The highest BCUT2D eigenvalue weighted by Gasteiger charge is 2.27.